The van der Waals surface area contributed by atoms with Crippen LogP contribution in [0.25, 0.3) is 0 Å². The van der Waals surface area contributed by atoms with Crippen LogP contribution in [-0.4, -0.2) is 61.6 Å². The molecule has 3 N–H and O–H groups in total. The Labute approximate surface area is 148 Å². The van der Waals surface area contributed by atoms with E-state index in [-0.39, 0.29) is 0 Å². The van der Waals surface area contributed by atoms with Crippen molar-refractivity contribution in [2.75, 3.05) is 45.8 Å². The van der Waals surface area contributed by atoms with E-state index in [0.29, 0.717) is 43.3 Å². The molecule has 0 radical (unpaired) electrons. The van der Waals surface area contributed by atoms with Crippen molar-refractivity contribution in [1.29, 1.82) is 0 Å². The Balaban J connectivity index is 2.71. The smallest absolute Gasteiger partial charge is 0.229 e. The van der Waals surface area contributed by atoms with Gasteiger partial charge in [0.2, 0.25) is 11.9 Å². The zero-order chi connectivity index (χ0) is 17.8. The Morgan fingerprint density at radius 1 is 1.17 bits per heavy atom. The highest BCUT2D eigenvalue weighted by atomic mass is 32.1. The molecule has 0 saturated heterocycles. The van der Waals surface area contributed by atoms with Crippen LogP contribution in [0.2, 0.25) is 0 Å². The summed E-state index contributed by atoms with van der Waals surface area (Å²) >= 11 is 5.25. The summed E-state index contributed by atoms with van der Waals surface area (Å²) in [5.74, 6) is 0.969. The van der Waals surface area contributed by atoms with Gasteiger partial charge in [-0.15, -0.1) is 0 Å². The molecule has 0 aromatic carbocycles. The average Bonchev–Trinajstić information content (AvgIpc) is 2.50. The number of hydrogen-bond acceptors (Lipinski definition) is 6. The maximum absolute atomic E-state index is 5.25. The molecule has 0 bridgehead atoms. The number of guanidine groups is 1. The number of aliphatic imine (C=N–C) groups is 1. The SMILES string of the molecule is COCCCN=C(NC(=S)NCCOC)Nc1nc(C)cc(C)n1. The van der Waals surface area contributed by atoms with Crippen LogP contribution in [0.5, 0.6) is 0 Å². The summed E-state index contributed by atoms with van der Waals surface area (Å²) in [6, 6.07) is 1.91. The van der Waals surface area contributed by atoms with Crippen LogP contribution in [0.3, 0.4) is 0 Å². The van der Waals surface area contributed by atoms with E-state index in [1.54, 1.807) is 14.2 Å². The molecule has 0 fully saturated rings. The van der Waals surface area contributed by atoms with Crippen LogP contribution < -0.4 is 16.0 Å². The molecule has 8 nitrogen and oxygen atoms in total. The maximum Gasteiger partial charge on any atom is 0.229 e. The summed E-state index contributed by atoms with van der Waals surface area (Å²) in [4.78, 5) is 13.2. The van der Waals surface area contributed by atoms with Crippen LogP contribution in [0.15, 0.2) is 11.1 Å². The molecule has 0 aliphatic heterocycles. The van der Waals surface area contributed by atoms with Gasteiger partial charge in [0.25, 0.3) is 0 Å². The number of nitrogens with one attached hydrogen (secondary N) is 3. The van der Waals surface area contributed by atoms with Crippen LogP contribution in [0, 0.1) is 13.8 Å². The van der Waals surface area contributed by atoms with Crippen molar-refractivity contribution in [3.63, 3.8) is 0 Å². The molecule has 0 amide bonds. The summed E-state index contributed by atoms with van der Waals surface area (Å²) < 4.78 is 10.0. The number of hydrogen-bond donors (Lipinski definition) is 3. The quantitative estimate of drug-likeness (QED) is 0.276. The zero-order valence-corrected chi connectivity index (χ0v) is 15.5. The van der Waals surface area contributed by atoms with Gasteiger partial charge in [0.05, 0.1) is 6.61 Å². The monoisotopic (exact) mass is 354 g/mol. The highest BCUT2D eigenvalue weighted by molar-refractivity contribution is 7.80. The molecule has 24 heavy (non-hydrogen) atoms. The summed E-state index contributed by atoms with van der Waals surface area (Å²) in [6.07, 6.45) is 0.806. The van der Waals surface area contributed by atoms with E-state index in [2.05, 4.69) is 30.9 Å². The Morgan fingerprint density at radius 3 is 2.46 bits per heavy atom. The highest BCUT2D eigenvalue weighted by Gasteiger charge is 2.06. The average molecular weight is 354 g/mol. The van der Waals surface area contributed by atoms with Crippen molar-refractivity contribution in [3.05, 3.63) is 17.5 Å². The molecule has 0 unspecified atom stereocenters. The van der Waals surface area contributed by atoms with Crippen molar-refractivity contribution in [1.82, 2.24) is 20.6 Å². The third-order valence-electron chi connectivity index (χ3n) is 2.81. The molecule has 1 rings (SSSR count). The van der Waals surface area contributed by atoms with Crippen LogP contribution in [0.4, 0.5) is 5.95 Å². The van der Waals surface area contributed by atoms with E-state index in [9.17, 15) is 0 Å². The fraction of sp³-hybridized carbons (Fsp3) is 0.600. The molecule has 1 aromatic heterocycles. The predicted molar refractivity (Wildman–Crippen MR) is 99.5 cm³/mol. The number of aryl methyl sites for hydroxylation is 2. The second-order valence-corrected chi connectivity index (χ2v) is 5.46. The zero-order valence-electron chi connectivity index (χ0n) is 14.7. The summed E-state index contributed by atoms with van der Waals surface area (Å²) in [5, 5.41) is 9.59. The number of nitrogens with zero attached hydrogens (tertiary/aromatic N) is 3. The lowest BCUT2D eigenvalue weighted by atomic mass is 10.4. The van der Waals surface area contributed by atoms with Gasteiger partial charge in [0.15, 0.2) is 5.11 Å². The summed E-state index contributed by atoms with van der Waals surface area (Å²) in [6.45, 7) is 6.25. The molecule has 9 heteroatoms. The maximum atomic E-state index is 5.25. The minimum absolute atomic E-state index is 0.453. The van der Waals surface area contributed by atoms with Gasteiger partial charge < -0.3 is 20.1 Å². The van der Waals surface area contributed by atoms with Gasteiger partial charge >= 0.3 is 0 Å². The van der Waals surface area contributed by atoms with Crippen molar-refractivity contribution < 1.29 is 9.47 Å². The highest BCUT2D eigenvalue weighted by Crippen LogP contribution is 2.03. The van der Waals surface area contributed by atoms with Gasteiger partial charge in [-0.3, -0.25) is 10.3 Å². The van der Waals surface area contributed by atoms with E-state index >= 15 is 0 Å². The Bertz CT molecular complexity index is 533. The number of anilines is 1. The number of ether oxygens (including phenoxy) is 2. The van der Waals surface area contributed by atoms with E-state index in [4.69, 9.17) is 21.7 Å². The molecule has 0 saturated carbocycles. The van der Waals surface area contributed by atoms with Crippen molar-refractivity contribution >= 4 is 29.2 Å². The van der Waals surface area contributed by atoms with E-state index in [1.165, 1.54) is 0 Å². The lowest BCUT2D eigenvalue weighted by Gasteiger charge is -2.14. The predicted octanol–water partition coefficient (Wildman–Crippen LogP) is 1.01. The van der Waals surface area contributed by atoms with Crippen molar-refractivity contribution in [3.8, 4) is 0 Å². The fourth-order valence-electron chi connectivity index (χ4n) is 1.82. The van der Waals surface area contributed by atoms with E-state index < -0.39 is 0 Å². The van der Waals surface area contributed by atoms with Gasteiger partial charge in [-0.05, 0) is 38.6 Å². The van der Waals surface area contributed by atoms with Gasteiger partial charge in [-0.25, -0.2) is 9.97 Å². The Kier molecular flexibility index (Phi) is 9.81. The van der Waals surface area contributed by atoms with E-state index in [0.717, 1.165) is 17.8 Å². The van der Waals surface area contributed by atoms with Crippen molar-refractivity contribution in [2.24, 2.45) is 4.99 Å². The van der Waals surface area contributed by atoms with Crippen LogP contribution >= 0.6 is 12.2 Å². The lowest BCUT2D eigenvalue weighted by molar-refractivity contribution is 0.197. The second kappa shape index (κ2) is 11.7. The molecule has 1 aromatic rings. The summed E-state index contributed by atoms with van der Waals surface area (Å²) in [7, 11) is 3.30. The van der Waals surface area contributed by atoms with Gasteiger partial charge in [-0.1, -0.05) is 0 Å². The largest absolute Gasteiger partial charge is 0.385 e. The molecule has 0 spiro atoms. The minimum atomic E-state index is 0.453. The first kappa shape index (κ1) is 20.2. The standard InChI is InChI=1S/C15H26N6O2S/c1-11-10-12(2)19-14(18-11)20-13(16-6-5-8-22-3)21-15(24)17-7-9-23-4/h10H,5-9H2,1-4H3,(H3,16,17,18,19,20,21,24). The van der Waals surface area contributed by atoms with Crippen LogP contribution in [0.1, 0.15) is 17.8 Å². The van der Waals surface area contributed by atoms with Crippen molar-refractivity contribution in [2.45, 2.75) is 20.3 Å². The third-order valence-corrected chi connectivity index (χ3v) is 3.06. The fourth-order valence-corrected chi connectivity index (χ4v) is 2.01. The second-order valence-electron chi connectivity index (χ2n) is 5.05. The molecule has 134 valence electrons. The minimum Gasteiger partial charge on any atom is -0.385 e. The lowest BCUT2D eigenvalue weighted by Crippen LogP contribution is -2.43. The molecular weight excluding hydrogens is 328 g/mol. The molecule has 0 aliphatic rings. The van der Waals surface area contributed by atoms with Gasteiger partial charge in [0.1, 0.15) is 0 Å². The Morgan fingerprint density at radius 2 is 1.83 bits per heavy atom. The first-order chi connectivity index (χ1) is 11.5. The molecule has 0 aliphatic carbocycles. The topological polar surface area (TPSA) is 92.7 Å². The van der Waals surface area contributed by atoms with Crippen LogP contribution in [-0.2, 0) is 9.47 Å². The number of thiocarbonyl (C=S) groups is 1. The van der Waals surface area contributed by atoms with E-state index in [1.807, 2.05) is 19.9 Å². The number of methoxy groups -OCH3 is 2. The molecular formula is C15H26N6O2S. The van der Waals surface area contributed by atoms with Gasteiger partial charge in [-0.2, -0.15) is 0 Å². The first-order valence-corrected chi connectivity index (χ1v) is 8.12. The Hall–Kier alpha value is -1.84. The third kappa shape index (κ3) is 8.70. The number of aromatic nitrogens is 2. The molecule has 1 heterocycles. The first-order valence-electron chi connectivity index (χ1n) is 7.71. The summed E-state index contributed by atoms with van der Waals surface area (Å²) in [5.41, 5.74) is 1.76. The van der Waals surface area contributed by atoms with Gasteiger partial charge in [0, 0.05) is 45.3 Å². The normalized spacial score (nSPS) is 11.2. The molecule has 0 atom stereocenters. The number of rotatable bonds is 8.